The van der Waals surface area contributed by atoms with Gasteiger partial charge in [0, 0.05) is 79.1 Å². The first-order chi connectivity index (χ1) is 39.7. The second kappa shape index (κ2) is 27.7. The minimum atomic E-state index is -5.88. The summed E-state index contributed by atoms with van der Waals surface area (Å²) in [6.45, 7) is 2.35. The molecular formula is C61H67F2N6O12PS. The number of imide groups is 1. The second-order valence-electron chi connectivity index (χ2n) is 21.2. The average Bonchev–Trinajstić information content (AvgIpc) is 4.37. The summed E-state index contributed by atoms with van der Waals surface area (Å²) in [5.41, 5.74) is 3.84. The maximum Gasteiger partial charge on any atom is 0.399 e. The normalized spacial score (nSPS) is 17.9. The van der Waals surface area contributed by atoms with E-state index >= 15 is 0 Å². The van der Waals surface area contributed by atoms with Crippen molar-refractivity contribution in [2.75, 3.05) is 13.2 Å². The van der Waals surface area contributed by atoms with E-state index < -0.39 is 84.5 Å². The van der Waals surface area contributed by atoms with Crippen molar-refractivity contribution in [2.45, 2.75) is 145 Å². The molecule has 7 amide bonds. The number of alkyl halides is 2. The number of nitrogens with zero attached hydrogens (tertiary/aromatic N) is 2. The fourth-order valence-corrected chi connectivity index (χ4v) is 12.2. The molecule has 5 atom stereocenters. The number of ketones is 1. The van der Waals surface area contributed by atoms with Crippen molar-refractivity contribution in [1.82, 2.24) is 25.8 Å². The first kappa shape index (κ1) is 61.6. The number of halogens is 2. The van der Waals surface area contributed by atoms with Crippen LogP contribution in [-0.4, -0.2) is 110 Å². The minimum absolute atomic E-state index is 0.0344. The van der Waals surface area contributed by atoms with Gasteiger partial charge in [-0.2, -0.15) is 8.78 Å². The first-order valence-electron chi connectivity index (χ1n) is 27.9. The van der Waals surface area contributed by atoms with Crippen molar-refractivity contribution in [3.63, 3.8) is 0 Å². The molecule has 0 bridgehead atoms. The van der Waals surface area contributed by atoms with Crippen LogP contribution in [0.3, 0.4) is 0 Å². The van der Waals surface area contributed by atoms with Crippen LogP contribution in [0.4, 0.5) is 8.78 Å². The Morgan fingerprint density at radius 1 is 0.880 bits per heavy atom. The van der Waals surface area contributed by atoms with E-state index in [0.717, 1.165) is 59.4 Å². The molecule has 0 saturated carbocycles. The van der Waals surface area contributed by atoms with Crippen molar-refractivity contribution in [3.8, 4) is 11.8 Å². The number of fused-ring (bicyclic) bond motifs is 2. The van der Waals surface area contributed by atoms with Gasteiger partial charge in [-0.1, -0.05) is 117 Å². The van der Waals surface area contributed by atoms with Crippen LogP contribution >= 0.6 is 18.9 Å². The number of likely N-dealkylation sites (tertiary alicyclic amines) is 1. The fourth-order valence-electron chi connectivity index (χ4n) is 10.8. The molecule has 2 saturated heterocycles. The van der Waals surface area contributed by atoms with Gasteiger partial charge in [0.05, 0.1) is 17.0 Å². The zero-order valence-electron chi connectivity index (χ0n) is 45.9. The Morgan fingerprint density at radius 3 is 2.27 bits per heavy atom. The lowest BCUT2D eigenvalue weighted by Gasteiger charge is -2.30. The van der Waals surface area contributed by atoms with Crippen molar-refractivity contribution < 1.29 is 66.2 Å². The monoisotopic (exact) mass is 1180 g/mol. The predicted octanol–water partition coefficient (Wildman–Crippen LogP) is 7.71. The molecule has 22 heteroatoms. The Morgan fingerprint density at radius 2 is 1.59 bits per heavy atom. The van der Waals surface area contributed by atoms with Gasteiger partial charge in [-0.3, -0.25) is 48.2 Å². The molecule has 0 spiro atoms. The highest BCUT2D eigenvalue weighted by atomic mass is 32.1. The molecule has 4 heterocycles. The summed E-state index contributed by atoms with van der Waals surface area (Å²) >= 11 is 0.930. The van der Waals surface area contributed by atoms with Crippen LogP contribution in [0.2, 0.25) is 0 Å². The van der Waals surface area contributed by atoms with Gasteiger partial charge in [0.25, 0.3) is 11.8 Å². The molecule has 83 heavy (non-hydrogen) atoms. The summed E-state index contributed by atoms with van der Waals surface area (Å²) in [4.78, 5) is 129. The number of Topliss-reactive ketones (excluding diaryl/α,β-unsaturated/α-hetero) is 1. The standard InChI is InChI=1S/C61H67F2N6O12PS/c1-2-3-24-48(66-58(75)53-33-41-32-42(25-28-52(41)83-53)61(62,63)82(78,79)80)60(77)68-36-43(34-50(68)57(74)65-47(26-29-54(64)71)51(70)35-45(38-17-11-8-12-18-38)39-19-13-9-14-20-39)81-31-15-7-5-4-6-10-21-40-22-16-23-44-46(40)37-69(59(44)76)49-27-30-55(72)67-56(49)73/h8-9,11-14,16-20,22-23,25,28,32-33,43,45,47-50H,2-7,15,24,26-27,29-31,34-37H2,1H3,(H2,64,71)(H,65,74)(H,66,75)(H,67,72,73)(H2,78,79,80)/t43-,47-,48-,49?,50-/m0/s1. The quantitative estimate of drug-likeness (QED) is 0.0135. The topological polar surface area (TPSA) is 272 Å². The van der Waals surface area contributed by atoms with E-state index in [0.29, 0.717) is 41.5 Å². The Kier molecular flexibility index (Phi) is 20.6. The Labute approximate surface area is 483 Å². The average molecular weight is 1180 g/mol. The number of primary amides is 1. The summed E-state index contributed by atoms with van der Waals surface area (Å²) in [6, 6.07) is 24.2. The van der Waals surface area contributed by atoms with Crippen LogP contribution in [0.15, 0.2) is 103 Å². The third kappa shape index (κ3) is 15.2. The Hall–Kier alpha value is -7.47. The molecule has 2 fully saturated rings. The Bertz CT molecular complexity index is 3310. The van der Waals surface area contributed by atoms with Gasteiger partial charge in [0.15, 0.2) is 5.78 Å². The molecule has 3 aliphatic heterocycles. The van der Waals surface area contributed by atoms with Crippen LogP contribution in [0.25, 0.3) is 10.1 Å². The van der Waals surface area contributed by atoms with Gasteiger partial charge < -0.3 is 40.7 Å². The van der Waals surface area contributed by atoms with Crippen molar-refractivity contribution in [3.05, 3.63) is 141 Å². The van der Waals surface area contributed by atoms with Crippen LogP contribution in [0.1, 0.15) is 151 Å². The molecule has 8 rings (SSSR count). The number of hydrogen-bond acceptors (Lipinski definition) is 11. The smallest absolute Gasteiger partial charge is 0.376 e. The summed E-state index contributed by atoms with van der Waals surface area (Å²) in [7, 11) is -5.88. The zero-order chi connectivity index (χ0) is 59.4. The number of rotatable bonds is 26. The van der Waals surface area contributed by atoms with E-state index in [1.165, 1.54) is 21.9 Å². The third-order valence-corrected chi connectivity index (χ3v) is 17.4. The zero-order valence-corrected chi connectivity index (χ0v) is 47.6. The van der Waals surface area contributed by atoms with Crippen molar-refractivity contribution in [2.24, 2.45) is 5.73 Å². The van der Waals surface area contributed by atoms with Gasteiger partial charge in [0.1, 0.15) is 18.1 Å². The van der Waals surface area contributed by atoms with E-state index in [1.807, 2.05) is 73.7 Å². The molecule has 7 N–H and O–H groups in total. The lowest BCUT2D eigenvalue weighted by Crippen LogP contribution is -2.55. The fraction of sp³-hybridized carbons (Fsp3) is 0.410. The van der Waals surface area contributed by atoms with E-state index in [2.05, 4.69) is 27.8 Å². The summed E-state index contributed by atoms with van der Waals surface area (Å²) in [6.07, 6.45) is 4.27. The third-order valence-electron chi connectivity index (χ3n) is 15.3. The van der Waals surface area contributed by atoms with Crippen molar-refractivity contribution in [1.29, 1.82) is 0 Å². The van der Waals surface area contributed by atoms with Gasteiger partial charge in [-0.15, -0.1) is 11.3 Å². The predicted molar refractivity (Wildman–Crippen MR) is 306 cm³/mol. The SMILES string of the molecule is CCCC[C@H](NC(=O)c1cc2cc(C(F)(F)P(=O)(O)O)ccc2s1)C(=O)N1C[C@@H](OCCCCCCC#Cc2cccc3c2CN(C2CCC(=O)NC2=O)C3=O)C[C@H]1C(=O)N[C@@H](CCC(N)=O)C(=O)CC(c1ccccc1)c1ccccc1. The maximum absolute atomic E-state index is 14.9. The van der Waals surface area contributed by atoms with Gasteiger partial charge in [0.2, 0.25) is 29.5 Å². The summed E-state index contributed by atoms with van der Waals surface area (Å²) < 4.78 is 47.7. The molecule has 3 aliphatic rings. The van der Waals surface area contributed by atoms with Gasteiger partial charge in [-0.05, 0) is 84.5 Å². The lowest BCUT2D eigenvalue weighted by molar-refractivity contribution is -0.141. The van der Waals surface area contributed by atoms with Gasteiger partial charge in [-0.25, -0.2) is 0 Å². The van der Waals surface area contributed by atoms with Crippen LogP contribution in [0.5, 0.6) is 0 Å². The molecular weight excluding hydrogens is 1110 g/mol. The number of piperidine rings is 1. The number of nitrogens with two attached hydrogens (primary N) is 1. The number of carbonyl (C=O) groups excluding carboxylic acids is 8. The number of nitrogens with one attached hydrogen (secondary N) is 3. The maximum atomic E-state index is 14.9. The molecule has 0 aliphatic carbocycles. The van der Waals surface area contributed by atoms with Crippen LogP contribution in [0, 0.1) is 11.8 Å². The van der Waals surface area contributed by atoms with E-state index in [1.54, 1.807) is 12.1 Å². The summed E-state index contributed by atoms with van der Waals surface area (Å²) in [5, 5.41) is 8.11. The highest BCUT2D eigenvalue weighted by Gasteiger charge is 2.50. The van der Waals surface area contributed by atoms with Crippen molar-refractivity contribution >= 4 is 76.2 Å². The second-order valence-corrected chi connectivity index (χ2v) is 23.9. The Balaban J connectivity index is 0.941. The van der Waals surface area contributed by atoms with Gasteiger partial charge >= 0.3 is 13.3 Å². The molecule has 1 aromatic heterocycles. The van der Waals surface area contributed by atoms with Crippen LogP contribution in [-0.2, 0) is 50.3 Å². The number of unbranched alkanes of at least 4 members (excludes halogenated alkanes) is 5. The highest BCUT2D eigenvalue weighted by Crippen LogP contribution is 2.59. The highest BCUT2D eigenvalue weighted by molar-refractivity contribution is 7.52. The number of carbonyl (C=O) groups is 8. The first-order valence-corrected chi connectivity index (χ1v) is 30.3. The molecule has 5 aromatic rings. The van der Waals surface area contributed by atoms with E-state index in [9.17, 15) is 61.5 Å². The largest absolute Gasteiger partial charge is 0.399 e. The molecule has 438 valence electrons. The number of thiophene rings is 1. The molecule has 4 aromatic carbocycles. The number of amides is 7. The molecule has 1 unspecified atom stereocenters. The number of hydrogen-bond donors (Lipinski definition) is 6. The lowest BCUT2D eigenvalue weighted by atomic mass is 9.85. The van der Waals surface area contributed by atoms with E-state index in [-0.39, 0.29) is 92.5 Å². The van der Waals surface area contributed by atoms with Crippen LogP contribution < -0.4 is 21.7 Å². The number of benzene rings is 4. The molecule has 0 radical (unpaired) electrons. The van der Waals surface area contributed by atoms with E-state index in [4.69, 9.17) is 10.5 Å². The molecule has 18 nitrogen and oxygen atoms in total. The minimum Gasteiger partial charge on any atom is -0.376 e. The summed E-state index contributed by atoms with van der Waals surface area (Å²) in [5.74, 6) is 1.87. The number of ether oxygens (including phenoxy) is 1.